The SMILES string of the molecule is Cc1ccc(N2C(=C3N(c4ccc(C)cc4)C4CCCCC4N3c3ccc(C)cc3)N(c3ccc(C)cc3)C3CCCCC32)cc1. The van der Waals surface area contributed by atoms with Gasteiger partial charge in [0.15, 0.2) is 11.6 Å². The van der Waals surface area contributed by atoms with E-state index in [1.165, 1.54) is 108 Å². The molecule has 0 radical (unpaired) electrons. The number of fused-ring (bicyclic) bond motifs is 2. The molecule has 46 heavy (non-hydrogen) atoms. The number of benzene rings is 4. The molecule has 8 rings (SSSR count). The quantitative estimate of drug-likeness (QED) is 0.229. The minimum Gasteiger partial charge on any atom is -0.320 e. The maximum Gasteiger partial charge on any atom is 0.156 e. The van der Waals surface area contributed by atoms with Crippen molar-refractivity contribution in [3.05, 3.63) is 131 Å². The summed E-state index contributed by atoms with van der Waals surface area (Å²) in [5.74, 6) is 2.69. The Balaban J connectivity index is 1.46. The average molecular weight is 609 g/mol. The van der Waals surface area contributed by atoms with Gasteiger partial charge < -0.3 is 19.6 Å². The van der Waals surface area contributed by atoms with E-state index < -0.39 is 0 Å². The summed E-state index contributed by atoms with van der Waals surface area (Å²) < 4.78 is 0. The van der Waals surface area contributed by atoms with Gasteiger partial charge in [-0.15, -0.1) is 0 Å². The molecule has 0 N–H and O–H groups in total. The number of nitrogens with zero attached hydrogens (tertiary/aromatic N) is 4. The molecule has 2 saturated carbocycles. The van der Waals surface area contributed by atoms with E-state index in [0.717, 1.165) is 0 Å². The topological polar surface area (TPSA) is 13.0 Å². The molecule has 4 aliphatic rings. The molecule has 4 fully saturated rings. The molecule has 0 amide bonds. The maximum atomic E-state index is 2.76. The first-order valence-electron chi connectivity index (χ1n) is 17.7. The van der Waals surface area contributed by atoms with Crippen molar-refractivity contribution >= 4 is 22.7 Å². The van der Waals surface area contributed by atoms with E-state index in [2.05, 4.69) is 144 Å². The van der Waals surface area contributed by atoms with E-state index in [4.69, 9.17) is 0 Å². The zero-order chi connectivity index (χ0) is 31.4. The van der Waals surface area contributed by atoms with Crippen LogP contribution in [0.2, 0.25) is 0 Å². The highest BCUT2D eigenvalue weighted by Gasteiger charge is 2.53. The summed E-state index contributed by atoms with van der Waals surface area (Å²) in [4.78, 5) is 11.0. The first-order chi connectivity index (χ1) is 22.5. The molecule has 2 aliphatic carbocycles. The van der Waals surface area contributed by atoms with Gasteiger partial charge >= 0.3 is 0 Å². The van der Waals surface area contributed by atoms with Gasteiger partial charge in [0.2, 0.25) is 0 Å². The zero-order valence-electron chi connectivity index (χ0n) is 28.0. The van der Waals surface area contributed by atoms with E-state index in [9.17, 15) is 0 Å². The van der Waals surface area contributed by atoms with Crippen molar-refractivity contribution in [3.63, 3.8) is 0 Å². The largest absolute Gasteiger partial charge is 0.320 e. The van der Waals surface area contributed by atoms with Crippen molar-refractivity contribution in [1.82, 2.24) is 0 Å². The van der Waals surface area contributed by atoms with Gasteiger partial charge in [0.05, 0.1) is 24.2 Å². The van der Waals surface area contributed by atoms with Crippen LogP contribution in [0.4, 0.5) is 22.7 Å². The third kappa shape index (κ3) is 4.98. The lowest BCUT2D eigenvalue weighted by atomic mass is 9.89. The fraction of sp³-hybridized carbons (Fsp3) is 0.381. The van der Waals surface area contributed by atoms with Gasteiger partial charge in [0.25, 0.3) is 0 Å². The molecule has 4 nitrogen and oxygen atoms in total. The summed E-state index contributed by atoms with van der Waals surface area (Å²) in [6, 6.07) is 39.0. The smallest absolute Gasteiger partial charge is 0.156 e. The van der Waals surface area contributed by atoms with Gasteiger partial charge in [-0.25, -0.2) is 0 Å². The van der Waals surface area contributed by atoms with Crippen molar-refractivity contribution in [1.29, 1.82) is 0 Å². The van der Waals surface area contributed by atoms with Gasteiger partial charge in [-0.3, -0.25) is 0 Å². The van der Waals surface area contributed by atoms with Gasteiger partial charge in [0.1, 0.15) is 0 Å². The Morgan fingerprint density at radius 1 is 0.326 bits per heavy atom. The lowest BCUT2D eigenvalue weighted by Gasteiger charge is -2.36. The highest BCUT2D eigenvalue weighted by Crippen LogP contribution is 2.51. The van der Waals surface area contributed by atoms with Gasteiger partial charge in [-0.2, -0.15) is 0 Å². The molecule has 0 aromatic heterocycles. The monoisotopic (exact) mass is 608 g/mol. The summed E-state index contributed by atoms with van der Waals surface area (Å²) >= 11 is 0. The lowest BCUT2D eigenvalue weighted by Crippen LogP contribution is -2.40. The predicted octanol–water partition coefficient (Wildman–Crippen LogP) is 10.0. The average Bonchev–Trinajstić information content (AvgIpc) is 3.60. The van der Waals surface area contributed by atoms with E-state index >= 15 is 0 Å². The molecule has 4 heteroatoms. The molecule has 4 aromatic rings. The summed E-state index contributed by atoms with van der Waals surface area (Å²) in [6.07, 6.45) is 9.95. The zero-order valence-corrected chi connectivity index (χ0v) is 28.0. The third-order valence-electron chi connectivity index (χ3n) is 11.1. The van der Waals surface area contributed by atoms with Crippen molar-refractivity contribution < 1.29 is 0 Å². The van der Waals surface area contributed by atoms with Crippen molar-refractivity contribution in [2.45, 2.75) is 103 Å². The maximum absolute atomic E-state index is 2.76. The summed E-state index contributed by atoms with van der Waals surface area (Å²) in [5, 5.41) is 0. The Morgan fingerprint density at radius 2 is 0.522 bits per heavy atom. The Hall–Kier alpha value is -4.18. The minimum absolute atomic E-state index is 0.419. The fourth-order valence-electron chi connectivity index (χ4n) is 8.76. The molecule has 0 spiro atoms. The highest BCUT2D eigenvalue weighted by molar-refractivity contribution is 5.76. The van der Waals surface area contributed by atoms with Crippen LogP contribution in [-0.2, 0) is 0 Å². The lowest BCUT2D eigenvalue weighted by molar-refractivity contribution is 0.409. The summed E-state index contributed by atoms with van der Waals surface area (Å²) in [7, 11) is 0. The van der Waals surface area contributed by atoms with Crippen molar-refractivity contribution in [3.8, 4) is 0 Å². The van der Waals surface area contributed by atoms with Crippen LogP contribution >= 0.6 is 0 Å². The van der Waals surface area contributed by atoms with Crippen LogP contribution in [0.25, 0.3) is 0 Å². The molecular weight excluding hydrogens is 560 g/mol. The highest BCUT2D eigenvalue weighted by atomic mass is 15.5. The first kappa shape index (κ1) is 29.2. The first-order valence-corrected chi connectivity index (χ1v) is 17.7. The van der Waals surface area contributed by atoms with Crippen LogP contribution < -0.4 is 19.6 Å². The van der Waals surface area contributed by atoms with E-state index in [0.29, 0.717) is 24.2 Å². The Kier molecular flexibility index (Phi) is 7.55. The fourth-order valence-corrected chi connectivity index (χ4v) is 8.76. The predicted molar refractivity (Wildman–Crippen MR) is 194 cm³/mol. The minimum atomic E-state index is 0.419. The number of hydrogen-bond acceptors (Lipinski definition) is 4. The third-order valence-corrected chi connectivity index (χ3v) is 11.1. The van der Waals surface area contributed by atoms with Gasteiger partial charge in [-0.05, 0) is 102 Å². The van der Waals surface area contributed by atoms with Crippen LogP contribution in [0.15, 0.2) is 109 Å². The van der Waals surface area contributed by atoms with Crippen LogP contribution in [0, 0.1) is 27.7 Å². The Bertz CT molecular complexity index is 1450. The normalized spacial score (nSPS) is 24.4. The van der Waals surface area contributed by atoms with Gasteiger partial charge in [0, 0.05) is 22.7 Å². The number of anilines is 4. The summed E-state index contributed by atoms with van der Waals surface area (Å²) in [6.45, 7) is 8.81. The second kappa shape index (κ2) is 11.9. The number of hydrogen-bond donors (Lipinski definition) is 0. The molecule has 2 saturated heterocycles. The van der Waals surface area contributed by atoms with Crippen LogP contribution in [-0.4, -0.2) is 24.2 Å². The van der Waals surface area contributed by atoms with E-state index in [1.807, 2.05) is 0 Å². The van der Waals surface area contributed by atoms with Gasteiger partial charge in [-0.1, -0.05) is 96.5 Å². The molecular formula is C42H48N4. The van der Waals surface area contributed by atoms with Crippen molar-refractivity contribution in [2.75, 3.05) is 19.6 Å². The standard InChI is InChI=1S/C42H48N4/c1-29-13-21-33(22-14-29)43-37-9-5-6-10-38(37)44(34-23-15-30(2)16-24-34)41(43)42-45(35-25-17-31(3)18-26-35)39-11-7-8-12-40(39)46(42)36-27-19-32(4)20-28-36/h13-28,37-40H,5-12H2,1-4H3. The van der Waals surface area contributed by atoms with E-state index in [-0.39, 0.29) is 0 Å². The molecule has 4 atom stereocenters. The van der Waals surface area contributed by atoms with Crippen molar-refractivity contribution in [2.24, 2.45) is 0 Å². The second-order valence-electron chi connectivity index (χ2n) is 14.3. The second-order valence-corrected chi connectivity index (χ2v) is 14.3. The Morgan fingerprint density at radius 3 is 0.717 bits per heavy atom. The van der Waals surface area contributed by atoms with E-state index in [1.54, 1.807) is 0 Å². The number of rotatable bonds is 4. The van der Waals surface area contributed by atoms with Crippen LogP contribution in [0.3, 0.4) is 0 Å². The van der Waals surface area contributed by atoms with Crippen LogP contribution in [0.5, 0.6) is 0 Å². The molecule has 4 unspecified atom stereocenters. The molecule has 4 aromatic carbocycles. The Labute approximate surface area is 275 Å². The molecule has 0 bridgehead atoms. The molecule has 236 valence electrons. The molecule has 2 heterocycles. The number of aryl methyl sites for hydroxylation is 4. The van der Waals surface area contributed by atoms with Crippen LogP contribution in [0.1, 0.15) is 73.6 Å². The molecule has 2 aliphatic heterocycles. The summed E-state index contributed by atoms with van der Waals surface area (Å²) in [5.41, 5.74) is 10.5.